The average molecular weight is 228 g/mol. The van der Waals surface area contributed by atoms with Crippen LogP contribution in [0, 0.1) is 0 Å². The topological polar surface area (TPSA) is 52.6 Å². The third kappa shape index (κ3) is 6.08. The lowest BCUT2D eigenvalue weighted by molar-refractivity contribution is -0.137. The number of rotatable bonds is 7. The standard InChI is InChI=1S/C12H24N2O2/c1-11(10-12(15)16)13-6-5-9-14-7-3-2-4-8-14/h11,13H,2-10H2,1H3,(H,15,16). The van der Waals surface area contributed by atoms with Crippen molar-refractivity contribution in [1.29, 1.82) is 0 Å². The Hall–Kier alpha value is -0.610. The number of aliphatic carboxylic acids is 1. The van der Waals surface area contributed by atoms with E-state index in [1.807, 2.05) is 6.92 Å². The molecule has 1 fully saturated rings. The van der Waals surface area contributed by atoms with Crippen molar-refractivity contribution in [2.75, 3.05) is 26.2 Å². The zero-order valence-corrected chi connectivity index (χ0v) is 10.2. The summed E-state index contributed by atoms with van der Waals surface area (Å²) in [6.45, 7) is 6.47. The van der Waals surface area contributed by atoms with Crippen LogP contribution in [0.15, 0.2) is 0 Å². The van der Waals surface area contributed by atoms with Crippen LogP contribution in [-0.2, 0) is 4.79 Å². The zero-order chi connectivity index (χ0) is 11.8. The summed E-state index contributed by atoms with van der Waals surface area (Å²) in [5.74, 6) is -0.726. The molecule has 0 radical (unpaired) electrons. The molecule has 1 atom stereocenters. The fourth-order valence-corrected chi connectivity index (χ4v) is 2.17. The molecule has 1 aliphatic heterocycles. The number of carbonyl (C=O) groups is 1. The summed E-state index contributed by atoms with van der Waals surface area (Å²) in [5, 5.41) is 11.8. The second-order valence-corrected chi connectivity index (χ2v) is 4.71. The van der Waals surface area contributed by atoms with Gasteiger partial charge in [0, 0.05) is 6.04 Å². The molecule has 94 valence electrons. The summed E-state index contributed by atoms with van der Waals surface area (Å²) in [6, 6.07) is 0.0823. The lowest BCUT2D eigenvalue weighted by Crippen LogP contribution is -2.34. The molecule has 0 aromatic heterocycles. The number of nitrogens with zero attached hydrogens (tertiary/aromatic N) is 1. The molecule has 4 nitrogen and oxygen atoms in total. The predicted octanol–water partition coefficient (Wildman–Crippen LogP) is 1.32. The van der Waals surface area contributed by atoms with E-state index in [1.54, 1.807) is 0 Å². The summed E-state index contributed by atoms with van der Waals surface area (Å²) < 4.78 is 0. The predicted molar refractivity (Wildman–Crippen MR) is 64.6 cm³/mol. The molecule has 2 N–H and O–H groups in total. The fraction of sp³-hybridized carbons (Fsp3) is 0.917. The van der Waals surface area contributed by atoms with Crippen molar-refractivity contribution in [3.63, 3.8) is 0 Å². The minimum Gasteiger partial charge on any atom is -0.481 e. The third-order valence-electron chi connectivity index (χ3n) is 3.07. The molecule has 0 spiro atoms. The number of piperidine rings is 1. The Labute approximate surface area is 98.0 Å². The van der Waals surface area contributed by atoms with Crippen LogP contribution in [0.5, 0.6) is 0 Å². The normalized spacial score (nSPS) is 19.6. The van der Waals surface area contributed by atoms with Gasteiger partial charge in [0.1, 0.15) is 0 Å². The van der Waals surface area contributed by atoms with Crippen molar-refractivity contribution in [2.24, 2.45) is 0 Å². The van der Waals surface area contributed by atoms with Gasteiger partial charge in [-0.15, -0.1) is 0 Å². The lowest BCUT2D eigenvalue weighted by atomic mass is 10.1. The molecule has 0 saturated carbocycles. The van der Waals surface area contributed by atoms with Gasteiger partial charge in [-0.25, -0.2) is 0 Å². The summed E-state index contributed by atoms with van der Waals surface area (Å²) in [6.07, 6.45) is 5.38. The van der Waals surface area contributed by atoms with E-state index in [9.17, 15) is 4.79 Å². The van der Waals surface area contributed by atoms with Gasteiger partial charge >= 0.3 is 5.97 Å². The lowest BCUT2D eigenvalue weighted by Gasteiger charge is -2.26. The molecular weight excluding hydrogens is 204 g/mol. The van der Waals surface area contributed by atoms with Gasteiger partial charge in [0.2, 0.25) is 0 Å². The van der Waals surface area contributed by atoms with Crippen LogP contribution in [0.2, 0.25) is 0 Å². The van der Waals surface area contributed by atoms with Crippen LogP contribution in [0.3, 0.4) is 0 Å². The minimum absolute atomic E-state index is 0.0823. The van der Waals surface area contributed by atoms with Crippen molar-refractivity contribution in [3.8, 4) is 0 Å². The van der Waals surface area contributed by atoms with E-state index in [2.05, 4.69) is 10.2 Å². The van der Waals surface area contributed by atoms with Gasteiger partial charge in [0.05, 0.1) is 6.42 Å². The SMILES string of the molecule is CC(CC(=O)O)NCCCN1CCCCC1. The van der Waals surface area contributed by atoms with E-state index in [-0.39, 0.29) is 12.5 Å². The van der Waals surface area contributed by atoms with E-state index < -0.39 is 5.97 Å². The highest BCUT2D eigenvalue weighted by Gasteiger charge is 2.10. The molecule has 1 rings (SSSR count). The Kier molecular flexibility index (Phi) is 6.42. The summed E-state index contributed by atoms with van der Waals surface area (Å²) in [5.41, 5.74) is 0. The Balaban J connectivity index is 1.96. The van der Waals surface area contributed by atoms with Gasteiger partial charge in [-0.2, -0.15) is 0 Å². The maximum atomic E-state index is 10.4. The van der Waals surface area contributed by atoms with Crippen LogP contribution in [-0.4, -0.2) is 48.2 Å². The maximum absolute atomic E-state index is 10.4. The second-order valence-electron chi connectivity index (χ2n) is 4.71. The van der Waals surface area contributed by atoms with Crippen molar-refractivity contribution < 1.29 is 9.90 Å². The highest BCUT2D eigenvalue weighted by molar-refractivity contribution is 5.67. The smallest absolute Gasteiger partial charge is 0.304 e. The molecule has 1 saturated heterocycles. The number of nitrogens with one attached hydrogen (secondary N) is 1. The molecular formula is C12H24N2O2. The average Bonchev–Trinajstić information content (AvgIpc) is 2.25. The Morgan fingerprint density at radius 2 is 2.06 bits per heavy atom. The van der Waals surface area contributed by atoms with Gasteiger partial charge in [-0.1, -0.05) is 6.42 Å². The van der Waals surface area contributed by atoms with Crippen molar-refractivity contribution in [1.82, 2.24) is 10.2 Å². The molecule has 0 amide bonds. The Bertz CT molecular complexity index is 203. The van der Waals surface area contributed by atoms with Crippen molar-refractivity contribution >= 4 is 5.97 Å². The number of carboxylic acids is 1. The number of hydrogen-bond donors (Lipinski definition) is 2. The van der Waals surface area contributed by atoms with Gasteiger partial charge in [-0.05, 0) is 52.4 Å². The van der Waals surface area contributed by atoms with Gasteiger partial charge in [-0.3, -0.25) is 4.79 Å². The number of hydrogen-bond acceptors (Lipinski definition) is 3. The Morgan fingerprint density at radius 3 is 2.69 bits per heavy atom. The van der Waals surface area contributed by atoms with Crippen LogP contribution < -0.4 is 5.32 Å². The largest absolute Gasteiger partial charge is 0.481 e. The molecule has 0 aromatic rings. The summed E-state index contributed by atoms with van der Waals surface area (Å²) in [7, 11) is 0. The monoisotopic (exact) mass is 228 g/mol. The highest BCUT2D eigenvalue weighted by atomic mass is 16.4. The minimum atomic E-state index is -0.726. The first-order valence-electron chi connectivity index (χ1n) is 6.36. The van der Waals surface area contributed by atoms with Gasteiger partial charge in [0.25, 0.3) is 0 Å². The molecule has 16 heavy (non-hydrogen) atoms. The molecule has 1 heterocycles. The first-order chi connectivity index (χ1) is 7.68. The molecule has 4 heteroatoms. The molecule has 0 aliphatic carbocycles. The summed E-state index contributed by atoms with van der Waals surface area (Å²) in [4.78, 5) is 12.9. The van der Waals surface area contributed by atoms with Gasteiger partial charge < -0.3 is 15.3 Å². The number of likely N-dealkylation sites (tertiary alicyclic amines) is 1. The summed E-state index contributed by atoms with van der Waals surface area (Å²) >= 11 is 0. The van der Waals surface area contributed by atoms with E-state index >= 15 is 0 Å². The van der Waals surface area contributed by atoms with Crippen LogP contribution in [0.1, 0.15) is 39.0 Å². The molecule has 0 aromatic carbocycles. The van der Waals surface area contributed by atoms with Crippen molar-refractivity contribution in [2.45, 2.75) is 45.1 Å². The highest BCUT2D eigenvalue weighted by Crippen LogP contribution is 2.08. The first kappa shape index (κ1) is 13.5. The van der Waals surface area contributed by atoms with Crippen LogP contribution in [0.4, 0.5) is 0 Å². The van der Waals surface area contributed by atoms with Gasteiger partial charge in [0.15, 0.2) is 0 Å². The van der Waals surface area contributed by atoms with Crippen LogP contribution in [0.25, 0.3) is 0 Å². The quantitative estimate of drug-likeness (QED) is 0.645. The van der Waals surface area contributed by atoms with E-state index in [0.29, 0.717) is 0 Å². The van der Waals surface area contributed by atoms with E-state index in [0.717, 1.165) is 19.5 Å². The Morgan fingerprint density at radius 1 is 1.38 bits per heavy atom. The number of carboxylic acid groups (broad SMARTS) is 1. The zero-order valence-electron chi connectivity index (χ0n) is 10.2. The second kappa shape index (κ2) is 7.63. The molecule has 1 aliphatic rings. The first-order valence-corrected chi connectivity index (χ1v) is 6.36. The van der Waals surface area contributed by atoms with E-state index in [4.69, 9.17) is 5.11 Å². The third-order valence-corrected chi connectivity index (χ3v) is 3.07. The van der Waals surface area contributed by atoms with Crippen LogP contribution >= 0.6 is 0 Å². The molecule has 1 unspecified atom stereocenters. The van der Waals surface area contributed by atoms with E-state index in [1.165, 1.54) is 32.4 Å². The van der Waals surface area contributed by atoms with Crippen molar-refractivity contribution in [3.05, 3.63) is 0 Å². The maximum Gasteiger partial charge on any atom is 0.304 e. The molecule has 0 bridgehead atoms. The fourth-order valence-electron chi connectivity index (χ4n) is 2.17.